The lowest BCUT2D eigenvalue weighted by atomic mass is 9.84. The van der Waals surface area contributed by atoms with Gasteiger partial charge in [0.15, 0.2) is 0 Å². The van der Waals surface area contributed by atoms with Crippen LogP contribution in [0.1, 0.15) is 38.5 Å². The Balaban J connectivity index is 2.02. The molecular formula is C10H18N2O. The Morgan fingerprint density at radius 2 is 1.62 bits per heavy atom. The van der Waals surface area contributed by atoms with E-state index in [0.717, 1.165) is 0 Å². The lowest BCUT2D eigenvalue weighted by Crippen LogP contribution is -2.52. The van der Waals surface area contributed by atoms with Gasteiger partial charge in [-0.05, 0) is 25.7 Å². The van der Waals surface area contributed by atoms with Gasteiger partial charge in [-0.15, -0.1) is 0 Å². The first-order valence-corrected chi connectivity index (χ1v) is 5.31. The maximum atomic E-state index is 10.9. The molecule has 2 saturated heterocycles. The van der Waals surface area contributed by atoms with Crippen LogP contribution in [0, 0.1) is 0 Å². The van der Waals surface area contributed by atoms with Crippen molar-refractivity contribution in [2.45, 2.75) is 50.6 Å². The Kier molecular flexibility index (Phi) is 2.54. The number of piperidine rings is 2. The zero-order valence-electron chi connectivity index (χ0n) is 8.04. The predicted molar refractivity (Wildman–Crippen MR) is 51.2 cm³/mol. The van der Waals surface area contributed by atoms with Crippen molar-refractivity contribution < 1.29 is 4.79 Å². The van der Waals surface area contributed by atoms with Crippen LogP contribution in [0.5, 0.6) is 0 Å². The fourth-order valence-electron chi connectivity index (χ4n) is 2.87. The fraction of sp³-hybridized carbons (Fsp3) is 0.900. The summed E-state index contributed by atoms with van der Waals surface area (Å²) in [6.45, 7) is 0.481. The lowest BCUT2D eigenvalue weighted by molar-refractivity contribution is -0.121. The van der Waals surface area contributed by atoms with Gasteiger partial charge in [0.05, 0.1) is 6.54 Å². The van der Waals surface area contributed by atoms with Crippen molar-refractivity contribution in [3.8, 4) is 0 Å². The number of fused-ring (bicyclic) bond motifs is 2. The largest absolute Gasteiger partial charge is 0.369 e. The average molecular weight is 182 g/mol. The minimum Gasteiger partial charge on any atom is -0.369 e. The third-order valence-corrected chi connectivity index (χ3v) is 3.43. The molecule has 0 aromatic rings. The summed E-state index contributed by atoms with van der Waals surface area (Å²) >= 11 is 0. The third-order valence-electron chi connectivity index (χ3n) is 3.43. The van der Waals surface area contributed by atoms with Crippen LogP contribution in [0.4, 0.5) is 0 Å². The zero-order valence-corrected chi connectivity index (χ0v) is 8.04. The van der Waals surface area contributed by atoms with Gasteiger partial charge in [0.1, 0.15) is 0 Å². The van der Waals surface area contributed by atoms with Gasteiger partial charge in [0, 0.05) is 12.1 Å². The molecule has 0 saturated carbocycles. The number of rotatable bonds is 2. The second kappa shape index (κ2) is 3.66. The molecule has 74 valence electrons. The zero-order chi connectivity index (χ0) is 9.26. The molecular weight excluding hydrogens is 164 g/mol. The van der Waals surface area contributed by atoms with Crippen LogP contribution >= 0.6 is 0 Å². The summed E-state index contributed by atoms with van der Waals surface area (Å²) in [5.74, 6) is -0.168. The van der Waals surface area contributed by atoms with Crippen molar-refractivity contribution in [3.63, 3.8) is 0 Å². The van der Waals surface area contributed by atoms with E-state index in [9.17, 15) is 4.79 Å². The topological polar surface area (TPSA) is 46.3 Å². The van der Waals surface area contributed by atoms with Crippen LogP contribution in [-0.4, -0.2) is 29.4 Å². The molecule has 13 heavy (non-hydrogen) atoms. The number of nitrogens with zero attached hydrogens (tertiary/aromatic N) is 1. The molecule has 0 atom stereocenters. The summed E-state index contributed by atoms with van der Waals surface area (Å²) in [6.07, 6.45) is 7.75. The lowest BCUT2D eigenvalue weighted by Gasteiger charge is -2.45. The minimum absolute atomic E-state index is 0.168. The van der Waals surface area contributed by atoms with Gasteiger partial charge in [-0.2, -0.15) is 0 Å². The molecule has 0 spiro atoms. The van der Waals surface area contributed by atoms with Gasteiger partial charge in [0.25, 0.3) is 0 Å². The Hall–Kier alpha value is -0.570. The maximum absolute atomic E-state index is 10.9. The van der Waals surface area contributed by atoms with E-state index in [-0.39, 0.29) is 5.91 Å². The van der Waals surface area contributed by atoms with Gasteiger partial charge in [-0.3, -0.25) is 9.69 Å². The van der Waals surface area contributed by atoms with Crippen molar-refractivity contribution in [1.82, 2.24) is 4.90 Å². The second-order valence-corrected chi connectivity index (χ2v) is 4.31. The van der Waals surface area contributed by atoms with Crippen LogP contribution in [-0.2, 0) is 4.79 Å². The van der Waals surface area contributed by atoms with Crippen molar-refractivity contribution >= 4 is 5.91 Å². The number of nitrogens with two attached hydrogens (primary N) is 1. The summed E-state index contributed by atoms with van der Waals surface area (Å²) in [4.78, 5) is 13.2. The summed E-state index contributed by atoms with van der Waals surface area (Å²) in [7, 11) is 0. The molecule has 2 heterocycles. The average Bonchev–Trinajstić information content (AvgIpc) is 2.02. The van der Waals surface area contributed by atoms with Crippen molar-refractivity contribution in [3.05, 3.63) is 0 Å². The van der Waals surface area contributed by atoms with Crippen LogP contribution in [0.2, 0.25) is 0 Å². The molecule has 3 heteroatoms. The first kappa shape index (κ1) is 9.00. The third kappa shape index (κ3) is 1.85. The van der Waals surface area contributed by atoms with Crippen LogP contribution in [0.15, 0.2) is 0 Å². The van der Waals surface area contributed by atoms with Crippen molar-refractivity contribution in [2.24, 2.45) is 5.73 Å². The van der Waals surface area contributed by atoms with Crippen LogP contribution in [0.25, 0.3) is 0 Å². The van der Waals surface area contributed by atoms with Crippen LogP contribution < -0.4 is 5.73 Å². The summed E-state index contributed by atoms with van der Waals surface area (Å²) in [5.41, 5.74) is 5.25. The van der Waals surface area contributed by atoms with Crippen LogP contribution in [0.3, 0.4) is 0 Å². The quantitative estimate of drug-likeness (QED) is 0.689. The minimum atomic E-state index is -0.168. The second-order valence-electron chi connectivity index (χ2n) is 4.31. The predicted octanol–water partition coefficient (Wildman–Crippen LogP) is 0.879. The molecule has 2 N–H and O–H groups in total. The summed E-state index contributed by atoms with van der Waals surface area (Å²) in [5, 5.41) is 0. The maximum Gasteiger partial charge on any atom is 0.231 e. The SMILES string of the molecule is NC(=O)CN1C2CCCC1CCC2. The normalized spacial score (nSPS) is 34.5. The first-order valence-electron chi connectivity index (χ1n) is 5.31. The first-order chi connectivity index (χ1) is 6.27. The molecule has 2 aliphatic rings. The Morgan fingerprint density at radius 3 is 2.00 bits per heavy atom. The number of hydrogen-bond donors (Lipinski definition) is 1. The number of amides is 1. The standard InChI is InChI=1S/C10H18N2O/c11-10(13)7-12-8-3-1-4-9(12)6-2-5-8/h8-9H,1-7H2,(H2,11,13). The molecule has 2 rings (SSSR count). The van der Waals surface area contributed by atoms with E-state index in [1.54, 1.807) is 0 Å². The molecule has 2 fully saturated rings. The Morgan fingerprint density at radius 1 is 1.15 bits per heavy atom. The molecule has 3 nitrogen and oxygen atoms in total. The molecule has 1 amide bonds. The van der Waals surface area contributed by atoms with E-state index < -0.39 is 0 Å². The number of carbonyl (C=O) groups is 1. The van der Waals surface area contributed by atoms with Gasteiger partial charge >= 0.3 is 0 Å². The van der Waals surface area contributed by atoms with Gasteiger partial charge in [0.2, 0.25) is 5.91 Å². The van der Waals surface area contributed by atoms with E-state index in [4.69, 9.17) is 5.73 Å². The number of carbonyl (C=O) groups excluding carboxylic acids is 1. The molecule has 0 aliphatic carbocycles. The van der Waals surface area contributed by atoms with E-state index in [1.165, 1.54) is 38.5 Å². The molecule has 0 aromatic carbocycles. The van der Waals surface area contributed by atoms with Crippen molar-refractivity contribution in [2.75, 3.05) is 6.54 Å². The highest BCUT2D eigenvalue weighted by molar-refractivity contribution is 5.76. The van der Waals surface area contributed by atoms with Gasteiger partial charge in [-0.1, -0.05) is 12.8 Å². The van der Waals surface area contributed by atoms with E-state index >= 15 is 0 Å². The highest BCUT2D eigenvalue weighted by Crippen LogP contribution is 2.33. The highest BCUT2D eigenvalue weighted by Gasteiger charge is 2.34. The molecule has 0 aromatic heterocycles. The van der Waals surface area contributed by atoms with Gasteiger partial charge < -0.3 is 5.73 Å². The molecule has 0 radical (unpaired) electrons. The monoisotopic (exact) mass is 182 g/mol. The van der Waals surface area contributed by atoms with E-state index in [0.29, 0.717) is 18.6 Å². The molecule has 2 aliphatic heterocycles. The Bertz CT molecular complexity index is 183. The van der Waals surface area contributed by atoms with Crippen molar-refractivity contribution in [1.29, 1.82) is 0 Å². The fourth-order valence-corrected chi connectivity index (χ4v) is 2.87. The van der Waals surface area contributed by atoms with E-state index in [1.807, 2.05) is 0 Å². The van der Waals surface area contributed by atoms with Gasteiger partial charge in [-0.25, -0.2) is 0 Å². The number of hydrogen-bond acceptors (Lipinski definition) is 2. The Labute approximate surface area is 79.3 Å². The summed E-state index contributed by atoms with van der Waals surface area (Å²) in [6, 6.07) is 1.31. The smallest absolute Gasteiger partial charge is 0.231 e. The van der Waals surface area contributed by atoms with E-state index in [2.05, 4.69) is 4.90 Å². The highest BCUT2D eigenvalue weighted by atomic mass is 16.1. The molecule has 2 bridgehead atoms. The summed E-state index contributed by atoms with van der Waals surface area (Å²) < 4.78 is 0. The molecule has 0 unspecified atom stereocenters. The number of primary amides is 1.